The molecule has 0 saturated carbocycles. The molecule has 0 aliphatic rings. The highest BCUT2D eigenvalue weighted by Gasteiger charge is 2.09. The summed E-state index contributed by atoms with van der Waals surface area (Å²) in [6.07, 6.45) is -0.587. The lowest BCUT2D eigenvalue weighted by atomic mass is 10.1. The molecule has 2 aromatic rings. The number of hydrogen-bond donors (Lipinski definition) is 1. The third-order valence-electron chi connectivity index (χ3n) is 2.01. The number of aliphatic hydroxyl groups is 1. The van der Waals surface area contributed by atoms with Crippen LogP contribution in [0.15, 0.2) is 40.9 Å². The van der Waals surface area contributed by atoms with E-state index in [2.05, 4.69) is 5.16 Å². The smallest absolute Gasteiger partial charge is 0.167 e. The first-order chi connectivity index (χ1) is 6.77. The first kappa shape index (κ1) is 8.97. The van der Waals surface area contributed by atoms with Gasteiger partial charge < -0.3 is 9.63 Å². The Labute approximate surface area is 82.0 Å². The first-order valence-corrected chi connectivity index (χ1v) is 4.47. The van der Waals surface area contributed by atoms with Gasteiger partial charge in [0.1, 0.15) is 5.69 Å². The van der Waals surface area contributed by atoms with Crippen molar-refractivity contribution in [1.82, 2.24) is 5.16 Å². The van der Waals surface area contributed by atoms with Gasteiger partial charge in [-0.1, -0.05) is 35.5 Å². The average Bonchev–Trinajstić information content (AvgIpc) is 2.68. The molecule has 0 aliphatic carbocycles. The summed E-state index contributed by atoms with van der Waals surface area (Å²) in [7, 11) is 0. The van der Waals surface area contributed by atoms with Gasteiger partial charge in [-0.15, -0.1) is 0 Å². The van der Waals surface area contributed by atoms with Crippen molar-refractivity contribution in [2.75, 3.05) is 0 Å². The van der Waals surface area contributed by atoms with Gasteiger partial charge in [0, 0.05) is 11.6 Å². The summed E-state index contributed by atoms with van der Waals surface area (Å²) in [6.45, 7) is 1.66. The SMILES string of the molecule is CC(O)c1cc(-c2ccccc2)on1. The molecule has 72 valence electrons. The predicted octanol–water partition coefficient (Wildman–Crippen LogP) is 2.39. The van der Waals surface area contributed by atoms with Crippen LogP contribution in [0.3, 0.4) is 0 Å². The highest BCUT2D eigenvalue weighted by atomic mass is 16.5. The van der Waals surface area contributed by atoms with Gasteiger partial charge in [0.25, 0.3) is 0 Å². The molecule has 3 nitrogen and oxygen atoms in total. The Morgan fingerprint density at radius 2 is 2.00 bits per heavy atom. The van der Waals surface area contributed by atoms with Gasteiger partial charge in [-0.25, -0.2) is 0 Å². The summed E-state index contributed by atoms with van der Waals surface area (Å²) in [5.74, 6) is 0.682. The lowest BCUT2D eigenvalue weighted by molar-refractivity contribution is 0.188. The van der Waals surface area contributed by atoms with Gasteiger partial charge in [-0.05, 0) is 6.92 Å². The Morgan fingerprint density at radius 1 is 1.29 bits per heavy atom. The maximum atomic E-state index is 9.26. The van der Waals surface area contributed by atoms with E-state index in [9.17, 15) is 5.11 Å². The zero-order valence-corrected chi connectivity index (χ0v) is 7.84. The van der Waals surface area contributed by atoms with Gasteiger partial charge in [0.05, 0.1) is 6.10 Å². The maximum Gasteiger partial charge on any atom is 0.167 e. The molecule has 0 bridgehead atoms. The van der Waals surface area contributed by atoms with E-state index >= 15 is 0 Å². The van der Waals surface area contributed by atoms with Crippen LogP contribution in [0.1, 0.15) is 18.7 Å². The normalized spacial score (nSPS) is 12.7. The third-order valence-corrected chi connectivity index (χ3v) is 2.01. The molecule has 0 saturated heterocycles. The lowest BCUT2D eigenvalue weighted by Gasteiger charge is -1.93. The van der Waals surface area contributed by atoms with E-state index in [-0.39, 0.29) is 0 Å². The van der Waals surface area contributed by atoms with Crippen molar-refractivity contribution < 1.29 is 9.63 Å². The molecule has 0 radical (unpaired) electrons. The van der Waals surface area contributed by atoms with Crippen LogP contribution in [0.2, 0.25) is 0 Å². The van der Waals surface area contributed by atoms with E-state index in [1.807, 2.05) is 30.3 Å². The van der Waals surface area contributed by atoms with Crippen LogP contribution < -0.4 is 0 Å². The molecule has 0 aliphatic heterocycles. The maximum absolute atomic E-state index is 9.26. The molecule has 1 heterocycles. The van der Waals surface area contributed by atoms with Crippen LogP contribution in [-0.4, -0.2) is 10.3 Å². The minimum Gasteiger partial charge on any atom is -0.387 e. The molecule has 0 fully saturated rings. The Bertz CT molecular complexity index is 406. The van der Waals surface area contributed by atoms with Crippen molar-refractivity contribution >= 4 is 0 Å². The van der Waals surface area contributed by atoms with Crippen LogP contribution in [0, 0.1) is 0 Å². The van der Waals surface area contributed by atoms with Crippen LogP contribution in [0.25, 0.3) is 11.3 Å². The molecule has 1 unspecified atom stereocenters. The minimum absolute atomic E-state index is 0.559. The summed E-state index contributed by atoms with van der Waals surface area (Å²) in [5, 5.41) is 13.0. The number of benzene rings is 1. The highest BCUT2D eigenvalue weighted by Crippen LogP contribution is 2.22. The zero-order chi connectivity index (χ0) is 9.97. The molecule has 14 heavy (non-hydrogen) atoms. The molecule has 2 rings (SSSR count). The summed E-state index contributed by atoms with van der Waals surface area (Å²) >= 11 is 0. The highest BCUT2D eigenvalue weighted by molar-refractivity contribution is 5.56. The van der Waals surface area contributed by atoms with E-state index < -0.39 is 6.10 Å². The standard InChI is InChI=1S/C11H11NO2/c1-8(13)10-7-11(14-12-10)9-5-3-2-4-6-9/h2-8,13H,1H3. The van der Waals surface area contributed by atoms with Gasteiger partial charge in [-0.3, -0.25) is 0 Å². The summed E-state index contributed by atoms with van der Waals surface area (Å²) in [6, 6.07) is 11.4. The van der Waals surface area contributed by atoms with Crippen molar-refractivity contribution in [3.8, 4) is 11.3 Å². The monoisotopic (exact) mass is 189 g/mol. The van der Waals surface area contributed by atoms with Gasteiger partial charge in [0.15, 0.2) is 5.76 Å². The minimum atomic E-state index is -0.587. The van der Waals surface area contributed by atoms with E-state index in [0.717, 1.165) is 5.56 Å². The fraction of sp³-hybridized carbons (Fsp3) is 0.182. The number of aromatic nitrogens is 1. The summed E-state index contributed by atoms with van der Waals surface area (Å²) < 4.78 is 5.10. The molecular weight excluding hydrogens is 178 g/mol. The van der Waals surface area contributed by atoms with Crippen LogP contribution in [0.5, 0.6) is 0 Å². The Balaban J connectivity index is 2.34. The lowest BCUT2D eigenvalue weighted by Crippen LogP contribution is -1.88. The molecule has 1 atom stereocenters. The van der Waals surface area contributed by atoms with E-state index in [1.54, 1.807) is 13.0 Å². The largest absolute Gasteiger partial charge is 0.387 e. The zero-order valence-electron chi connectivity index (χ0n) is 7.84. The Morgan fingerprint density at radius 3 is 2.57 bits per heavy atom. The van der Waals surface area contributed by atoms with Crippen molar-refractivity contribution in [3.63, 3.8) is 0 Å². The third kappa shape index (κ3) is 1.67. The van der Waals surface area contributed by atoms with Crippen molar-refractivity contribution in [2.24, 2.45) is 0 Å². The molecule has 1 aromatic carbocycles. The second kappa shape index (κ2) is 3.64. The first-order valence-electron chi connectivity index (χ1n) is 4.47. The Kier molecular flexibility index (Phi) is 2.33. The molecule has 3 heteroatoms. The molecule has 0 amide bonds. The second-order valence-electron chi connectivity index (χ2n) is 3.16. The average molecular weight is 189 g/mol. The topological polar surface area (TPSA) is 46.3 Å². The van der Waals surface area contributed by atoms with Crippen LogP contribution in [-0.2, 0) is 0 Å². The van der Waals surface area contributed by atoms with Crippen molar-refractivity contribution in [2.45, 2.75) is 13.0 Å². The van der Waals surface area contributed by atoms with Crippen molar-refractivity contribution in [3.05, 3.63) is 42.1 Å². The molecular formula is C11H11NO2. The van der Waals surface area contributed by atoms with E-state index in [1.165, 1.54) is 0 Å². The molecule has 1 aromatic heterocycles. The second-order valence-corrected chi connectivity index (χ2v) is 3.16. The predicted molar refractivity (Wildman–Crippen MR) is 52.6 cm³/mol. The number of nitrogens with zero attached hydrogens (tertiary/aromatic N) is 1. The van der Waals surface area contributed by atoms with E-state index in [0.29, 0.717) is 11.5 Å². The van der Waals surface area contributed by atoms with Gasteiger partial charge in [-0.2, -0.15) is 0 Å². The van der Waals surface area contributed by atoms with Crippen LogP contribution >= 0.6 is 0 Å². The number of rotatable bonds is 2. The fourth-order valence-electron chi connectivity index (χ4n) is 1.22. The van der Waals surface area contributed by atoms with Crippen LogP contribution in [0.4, 0.5) is 0 Å². The number of aliphatic hydroxyl groups excluding tert-OH is 1. The molecule has 0 spiro atoms. The Hall–Kier alpha value is -1.61. The van der Waals surface area contributed by atoms with Crippen molar-refractivity contribution in [1.29, 1.82) is 0 Å². The van der Waals surface area contributed by atoms with Gasteiger partial charge >= 0.3 is 0 Å². The number of hydrogen-bond acceptors (Lipinski definition) is 3. The summed E-state index contributed by atoms with van der Waals surface area (Å²) in [5.41, 5.74) is 1.52. The molecule has 1 N–H and O–H groups in total. The fourth-order valence-corrected chi connectivity index (χ4v) is 1.22. The van der Waals surface area contributed by atoms with E-state index in [4.69, 9.17) is 4.52 Å². The summed E-state index contributed by atoms with van der Waals surface area (Å²) in [4.78, 5) is 0. The van der Waals surface area contributed by atoms with Gasteiger partial charge in [0.2, 0.25) is 0 Å². The quantitative estimate of drug-likeness (QED) is 0.789.